The number of rotatable bonds is 5. The van der Waals surface area contributed by atoms with Crippen molar-refractivity contribution in [3.05, 3.63) is 11.4 Å². The van der Waals surface area contributed by atoms with Gasteiger partial charge in [-0.1, -0.05) is 10.3 Å². The number of carbonyl (C=O) groups is 1. The monoisotopic (exact) mass is 213 g/mol. The van der Waals surface area contributed by atoms with Crippen LogP contribution >= 0.6 is 0 Å². The van der Waals surface area contributed by atoms with Gasteiger partial charge >= 0.3 is 5.97 Å². The molecule has 1 aromatic heterocycles. The SMILES string of the molecule is CCOC(=O)CN(C)Cc1nonc1C. The Kier molecular flexibility index (Phi) is 4.23. The van der Waals surface area contributed by atoms with Gasteiger partial charge in [-0.15, -0.1) is 0 Å². The highest BCUT2D eigenvalue weighted by molar-refractivity contribution is 5.71. The molecular formula is C9H15N3O3. The fourth-order valence-corrected chi connectivity index (χ4v) is 1.13. The summed E-state index contributed by atoms with van der Waals surface area (Å²) >= 11 is 0. The maximum atomic E-state index is 11.1. The first-order chi connectivity index (χ1) is 7.13. The van der Waals surface area contributed by atoms with Gasteiger partial charge in [0.25, 0.3) is 0 Å². The van der Waals surface area contributed by atoms with Crippen LogP contribution in [0.5, 0.6) is 0 Å². The lowest BCUT2D eigenvalue weighted by Gasteiger charge is -2.13. The van der Waals surface area contributed by atoms with Crippen LogP contribution in [0.4, 0.5) is 0 Å². The normalized spacial score (nSPS) is 10.7. The lowest BCUT2D eigenvalue weighted by molar-refractivity contribution is -0.144. The van der Waals surface area contributed by atoms with Crippen molar-refractivity contribution in [2.24, 2.45) is 0 Å². The van der Waals surface area contributed by atoms with Gasteiger partial charge < -0.3 is 4.74 Å². The molecule has 1 rings (SSSR count). The number of ether oxygens (including phenoxy) is 1. The maximum absolute atomic E-state index is 11.1. The first kappa shape index (κ1) is 11.6. The minimum absolute atomic E-state index is 0.236. The van der Waals surface area contributed by atoms with E-state index in [1.807, 2.05) is 14.0 Å². The summed E-state index contributed by atoms with van der Waals surface area (Å²) in [4.78, 5) is 12.9. The number of likely N-dealkylation sites (N-methyl/N-ethyl adjacent to an activating group) is 1. The van der Waals surface area contributed by atoms with Crippen LogP contribution in [0.25, 0.3) is 0 Å². The van der Waals surface area contributed by atoms with Gasteiger partial charge in [0, 0.05) is 6.54 Å². The van der Waals surface area contributed by atoms with E-state index in [2.05, 4.69) is 14.9 Å². The molecule has 84 valence electrons. The number of nitrogens with zero attached hydrogens (tertiary/aromatic N) is 3. The highest BCUT2D eigenvalue weighted by Crippen LogP contribution is 2.03. The highest BCUT2D eigenvalue weighted by Gasteiger charge is 2.11. The van der Waals surface area contributed by atoms with Gasteiger partial charge in [0.2, 0.25) is 0 Å². The fourth-order valence-electron chi connectivity index (χ4n) is 1.13. The van der Waals surface area contributed by atoms with Gasteiger partial charge in [-0.3, -0.25) is 9.69 Å². The Hall–Kier alpha value is -1.43. The van der Waals surface area contributed by atoms with E-state index in [9.17, 15) is 4.79 Å². The van der Waals surface area contributed by atoms with Crippen molar-refractivity contribution in [1.82, 2.24) is 15.2 Å². The van der Waals surface area contributed by atoms with E-state index in [-0.39, 0.29) is 12.5 Å². The molecule has 0 aliphatic heterocycles. The second-order valence-electron chi connectivity index (χ2n) is 3.27. The van der Waals surface area contributed by atoms with Crippen molar-refractivity contribution in [1.29, 1.82) is 0 Å². The van der Waals surface area contributed by atoms with Crippen LogP contribution in [-0.2, 0) is 16.1 Å². The van der Waals surface area contributed by atoms with Crippen LogP contribution in [0.3, 0.4) is 0 Å². The largest absolute Gasteiger partial charge is 0.465 e. The van der Waals surface area contributed by atoms with Crippen molar-refractivity contribution in [2.75, 3.05) is 20.2 Å². The summed E-state index contributed by atoms with van der Waals surface area (Å²) in [6.07, 6.45) is 0. The standard InChI is InChI=1S/C9H15N3O3/c1-4-14-9(13)6-12(3)5-8-7(2)10-15-11-8/h4-6H2,1-3H3. The molecule has 0 atom stereocenters. The van der Waals surface area contributed by atoms with Crippen LogP contribution in [0.15, 0.2) is 4.63 Å². The van der Waals surface area contributed by atoms with Crippen molar-refractivity contribution in [2.45, 2.75) is 20.4 Å². The number of carbonyl (C=O) groups excluding carboxylic acids is 1. The van der Waals surface area contributed by atoms with Gasteiger partial charge in [0.05, 0.1) is 13.2 Å². The average molecular weight is 213 g/mol. The van der Waals surface area contributed by atoms with Gasteiger partial charge in [-0.2, -0.15) is 0 Å². The van der Waals surface area contributed by atoms with Crippen LogP contribution in [0.2, 0.25) is 0 Å². The van der Waals surface area contributed by atoms with Crippen molar-refractivity contribution in [3.63, 3.8) is 0 Å². The Balaban J connectivity index is 2.39. The predicted octanol–water partition coefficient (Wildman–Crippen LogP) is 0.373. The second kappa shape index (κ2) is 5.45. The van der Waals surface area contributed by atoms with Gasteiger partial charge in [-0.25, -0.2) is 4.63 Å². The maximum Gasteiger partial charge on any atom is 0.320 e. The zero-order valence-electron chi connectivity index (χ0n) is 9.19. The van der Waals surface area contributed by atoms with E-state index in [1.54, 1.807) is 11.8 Å². The molecule has 0 aliphatic rings. The topological polar surface area (TPSA) is 68.5 Å². The summed E-state index contributed by atoms with van der Waals surface area (Å²) in [6, 6.07) is 0. The van der Waals surface area contributed by atoms with Crippen molar-refractivity contribution < 1.29 is 14.2 Å². The molecule has 1 heterocycles. The summed E-state index contributed by atoms with van der Waals surface area (Å²) in [7, 11) is 1.81. The molecular weight excluding hydrogens is 198 g/mol. The summed E-state index contributed by atoms with van der Waals surface area (Å²) < 4.78 is 9.38. The molecule has 0 aromatic carbocycles. The lowest BCUT2D eigenvalue weighted by atomic mass is 10.3. The number of aryl methyl sites for hydroxylation is 1. The van der Waals surface area contributed by atoms with Crippen LogP contribution < -0.4 is 0 Å². The Morgan fingerprint density at radius 2 is 2.27 bits per heavy atom. The Morgan fingerprint density at radius 3 is 2.80 bits per heavy atom. The molecule has 0 radical (unpaired) electrons. The molecule has 0 spiro atoms. The molecule has 0 saturated heterocycles. The van der Waals surface area contributed by atoms with Crippen molar-refractivity contribution >= 4 is 5.97 Å². The van der Waals surface area contributed by atoms with Crippen LogP contribution in [-0.4, -0.2) is 41.4 Å². The average Bonchev–Trinajstić information content (AvgIpc) is 2.52. The molecule has 15 heavy (non-hydrogen) atoms. The van der Waals surface area contributed by atoms with E-state index in [0.717, 1.165) is 11.4 Å². The minimum Gasteiger partial charge on any atom is -0.465 e. The summed E-state index contributed by atoms with van der Waals surface area (Å²) in [5, 5.41) is 7.39. The molecule has 0 amide bonds. The van der Waals surface area contributed by atoms with Gasteiger partial charge in [0.1, 0.15) is 11.4 Å². The Morgan fingerprint density at radius 1 is 1.53 bits per heavy atom. The zero-order chi connectivity index (χ0) is 11.3. The molecule has 0 N–H and O–H groups in total. The molecule has 0 aliphatic carbocycles. The Labute approximate surface area is 88.2 Å². The molecule has 6 heteroatoms. The fraction of sp³-hybridized carbons (Fsp3) is 0.667. The highest BCUT2D eigenvalue weighted by atomic mass is 16.6. The third-order valence-corrected chi connectivity index (χ3v) is 1.87. The van der Waals surface area contributed by atoms with E-state index in [4.69, 9.17) is 4.74 Å². The van der Waals surface area contributed by atoms with Crippen LogP contribution in [0, 0.1) is 6.92 Å². The molecule has 0 saturated carbocycles. The number of hydrogen-bond donors (Lipinski definition) is 0. The lowest BCUT2D eigenvalue weighted by Crippen LogP contribution is -2.27. The smallest absolute Gasteiger partial charge is 0.320 e. The van der Waals surface area contributed by atoms with E-state index in [0.29, 0.717) is 13.2 Å². The van der Waals surface area contributed by atoms with E-state index in [1.165, 1.54) is 0 Å². The third kappa shape index (κ3) is 3.67. The Bertz CT molecular complexity index is 324. The summed E-state index contributed by atoms with van der Waals surface area (Å²) in [5.41, 5.74) is 1.48. The molecule has 0 unspecified atom stereocenters. The summed E-state index contributed by atoms with van der Waals surface area (Å²) in [5.74, 6) is -0.242. The van der Waals surface area contributed by atoms with Crippen LogP contribution in [0.1, 0.15) is 18.3 Å². The molecule has 0 bridgehead atoms. The second-order valence-corrected chi connectivity index (χ2v) is 3.27. The van der Waals surface area contributed by atoms with E-state index < -0.39 is 0 Å². The molecule has 6 nitrogen and oxygen atoms in total. The van der Waals surface area contributed by atoms with Gasteiger partial charge in [0.15, 0.2) is 0 Å². The third-order valence-electron chi connectivity index (χ3n) is 1.87. The first-order valence-electron chi connectivity index (χ1n) is 4.75. The summed E-state index contributed by atoms with van der Waals surface area (Å²) in [6.45, 7) is 4.75. The number of hydrogen-bond acceptors (Lipinski definition) is 6. The minimum atomic E-state index is -0.242. The predicted molar refractivity (Wildman–Crippen MR) is 52.0 cm³/mol. The first-order valence-corrected chi connectivity index (χ1v) is 4.75. The number of esters is 1. The van der Waals surface area contributed by atoms with Gasteiger partial charge in [-0.05, 0) is 20.9 Å². The van der Waals surface area contributed by atoms with E-state index >= 15 is 0 Å². The zero-order valence-corrected chi connectivity index (χ0v) is 9.19. The molecule has 0 fully saturated rings. The molecule has 1 aromatic rings. The number of aromatic nitrogens is 2. The van der Waals surface area contributed by atoms with Crippen molar-refractivity contribution in [3.8, 4) is 0 Å². The quantitative estimate of drug-likeness (QED) is 0.658.